The largest absolute Gasteiger partial charge is 0.489 e. The molecule has 5 heteroatoms. The van der Waals surface area contributed by atoms with E-state index < -0.39 is 0 Å². The maximum atomic E-state index is 12.2. The fourth-order valence-corrected chi connectivity index (χ4v) is 3.60. The second-order valence-corrected chi connectivity index (χ2v) is 7.02. The number of nitrogens with one attached hydrogen (secondary N) is 1. The molecular formula is C21H24N2O3. The summed E-state index contributed by atoms with van der Waals surface area (Å²) in [6.45, 7) is 3.93. The molecule has 0 aliphatic carbocycles. The molecule has 2 atom stereocenters. The van der Waals surface area contributed by atoms with Crippen molar-refractivity contribution in [1.29, 1.82) is 0 Å². The Kier molecular flexibility index (Phi) is 5.18. The number of amides is 1. The number of hydrogen-bond acceptors (Lipinski definition) is 4. The number of para-hydroxylation sites is 1. The summed E-state index contributed by atoms with van der Waals surface area (Å²) in [5.41, 5.74) is 2.30. The Morgan fingerprint density at radius 2 is 1.85 bits per heavy atom. The van der Waals surface area contributed by atoms with Crippen molar-refractivity contribution in [2.75, 3.05) is 26.3 Å². The third-order valence-corrected chi connectivity index (χ3v) is 4.92. The van der Waals surface area contributed by atoms with Crippen molar-refractivity contribution >= 4 is 5.91 Å². The van der Waals surface area contributed by atoms with Crippen LogP contribution in [0.2, 0.25) is 0 Å². The van der Waals surface area contributed by atoms with Crippen LogP contribution >= 0.6 is 0 Å². The van der Waals surface area contributed by atoms with E-state index in [9.17, 15) is 4.79 Å². The molecule has 5 nitrogen and oxygen atoms in total. The predicted octanol–water partition coefficient (Wildman–Crippen LogP) is 2.21. The minimum atomic E-state index is -0.0973. The van der Waals surface area contributed by atoms with Crippen LogP contribution in [-0.4, -0.2) is 43.2 Å². The second kappa shape index (κ2) is 7.89. The van der Waals surface area contributed by atoms with Gasteiger partial charge in [0.1, 0.15) is 12.4 Å². The lowest BCUT2D eigenvalue weighted by atomic mass is 10.1. The molecule has 136 valence electrons. The SMILES string of the molecule is O=C1N[C@@H]2COC[C@H]1CN(Cc1ccccc1OCc1ccccc1)C2. The topological polar surface area (TPSA) is 50.8 Å². The van der Waals surface area contributed by atoms with Crippen LogP contribution in [0, 0.1) is 5.92 Å². The van der Waals surface area contributed by atoms with Gasteiger partial charge in [0.25, 0.3) is 0 Å². The van der Waals surface area contributed by atoms with E-state index in [0.717, 1.165) is 36.5 Å². The summed E-state index contributed by atoms with van der Waals surface area (Å²) in [5, 5.41) is 3.08. The Morgan fingerprint density at radius 1 is 1.04 bits per heavy atom. The van der Waals surface area contributed by atoms with E-state index >= 15 is 0 Å². The number of nitrogens with zero attached hydrogens (tertiary/aromatic N) is 1. The summed E-state index contributed by atoms with van der Waals surface area (Å²) in [5.74, 6) is 0.921. The molecule has 26 heavy (non-hydrogen) atoms. The van der Waals surface area contributed by atoms with Crippen molar-refractivity contribution in [2.24, 2.45) is 5.92 Å². The maximum absolute atomic E-state index is 12.2. The maximum Gasteiger partial charge on any atom is 0.227 e. The zero-order chi connectivity index (χ0) is 17.8. The van der Waals surface area contributed by atoms with Crippen LogP contribution in [-0.2, 0) is 22.7 Å². The average Bonchev–Trinajstić information content (AvgIpc) is 2.90. The first kappa shape index (κ1) is 17.1. The fourth-order valence-electron chi connectivity index (χ4n) is 3.60. The Bertz CT molecular complexity index is 750. The third-order valence-electron chi connectivity index (χ3n) is 4.92. The van der Waals surface area contributed by atoms with Gasteiger partial charge in [-0.25, -0.2) is 0 Å². The molecule has 2 aromatic carbocycles. The van der Waals surface area contributed by atoms with Crippen LogP contribution < -0.4 is 10.1 Å². The van der Waals surface area contributed by atoms with Gasteiger partial charge < -0.3 is 14.8 Å². The first-order valence-electron chi connectivity index (χ1n) is 9.13. The standard InChI is InChI=1S/C21H24N2O3/c24-21-18-11-23(12-19(22-21)15-25-14-18)10-17-8-4-5-9-20(17)26-13-16-6-2-1-3-7-16/h1-9,18-19H,10-15H2,(H,22,24)/t18-,19+/m1/s1. The highest BCUT2D eigenvalue weighted by Crippen LogP contribution is 2.23. The Balaban J connectivity index is 1.45. The van der Waals surface area contributed by atoms with Gasteiger partial charge in [-0.05, 0) is 11.6 Å². The quantitative estimate of drug-likeness (QED) is 0.896. The van der Waals surface area contributed by atoms with Crippen molar-refractivity contribution in [3.8, 4) is 5.75 Å². The summed E-state index contributed by atoms with van der Waals surface area (Å²) < 4.78 is 11.7. The van der Waals surface area contributed by atoms with E-state index in [2.05, 4.69) is 28.4 Å². The smallest absolute Gasteiger partial charge is 0.227 e. The molecule has 0 unspecified atom stereocenters. The molecule has 2 aliphatic rings. The van der Waals surface area contributed by atoms with Crippen LogP contribution in [0.15, 0.2) is 54.6 Å². The van der Waals surface area contributed by atoms with Crippen LogP contribution in [0.4, 0.5) is 0 Å². The Hall–Kier alpha value is -2.37. The van der Waals surface area contributed by atoms with E-state index in [1.165, 1.54) is 0 Å². The molecule has 2 heterocycles. The Morgan fingerprint density at radius 3 is 2.73 bits per heavy atom. The van der Waals surface area contributed by atoms with Crippen molar-refractivity contribution < 1.29 is 14.3 Å². The van der Waals surface area contributed by atoms with Gasteiger partial charge in [-0.1, -0.05) is 48.5 Å². The highest BCUT2D eigenvalue weighted by molar-refractivity contribution is 5.80. The summed E-state index contributed by atoms with van der Waals surface area (Å²) >= 11 is 0. The van der Waals surface area contributed by atoms with Gasteiger partial charge in [0.15, 0.2) is 0 Å². The van der Waals surface area contributed by atoms with E-state index in [-0.39, 0.29) is 17.9 Å². The molecule has 2 bridgehead atoms. The van der Waals surface area contributed by atoms with E-state index in [4.69, 9.17) is 9.47 Å². The highest BCUT2D eigenvalue weighted by atomic mass is 16.5. The van der Waals surface area contributed by atoms with Crippen LogP contribution in [0.1, 0.15) is 11.1 Å². The lowest BCUT2D eigenvalue weighted by molar-refractivity contribution is -0.125. The number of ether oxygens (including phenoxy) is 2. The van der Waals surface area contributed by atoms with Crippen molar-refractivity contribution in [2.45, 2.75) is 19.2 Å². The lowest BCUT2D eigenvalue weighted by Gasteiger charge is -2.28. The second-order valence-electron chi connectivity index (χ2n) is 7.02. The lowest BCUT2D eigenvalue weighted by Crippen LogP contribution is -2.41. The summed E-state index contributed by atoms with van der Waals surface area (Å²) in [6.07, 6.45) is 0. The molecular weight excluding hydrogens is 328 g/mol. The zero-order valence-corrected chi connectivity index (χ0v) is 14.8. The molecule has 0 saturated carbocycles. The normalized spacial score (nSPS) is 23.2. The van der Waals surface area contributed by atoms with Gasteiger partial charge in [0.2, 0.25) is 5.91 Å². The van der Waals surface area contributed by atoms with Gasteiger partial charge in [-0.2, -0.15) is 0 Å². The minimum absolute atomic E-state index is 0.0624. The first-order chi connectivity index (χ1) is 12.8. The van der Waals surface area contributed by atoms with Crippen molar-refractivity contribution in [3.05, 3.63) is 65.7 Å². The number of fused-ring (bicyclic) bond motifs is 3. The highest BCUT2D eigenvalue weighted by Gasteiger charge is 2.33. The average molecular weight is 352 g/mol. The number of benzene rings is 2. The molecule has 2 saturated heterocycles. The number of hydrogen-bond donors (Lipinski definition) is 1. The zero-order valence-electron chi connectivity index (χ0n) is 14.8. The number of carbonyl (C=O) groups is 1. The van der Waals surface area contributed by atoms with Crippen LogP contribution in [0.3, 0.4) is 0 Å². The van der Waals surface area contributed by atoms with E-state index in [0.29, 0.717) is 19.8 Å². The summed E-state index contributed by atoms with van der Waals surface area (Å²) in [6, 6.07) is 18.4. The van der Waals surface area contributed by atoms with Crippen LogP contribution in [0.25, 0.3) is 0 Å². The first-order valence-corrected chi connectivity index (χ1v) is 9.13. The number of carbonyl (C=O) groups excluding carboxylic acids is 1. The monoisotopic (exact) mass is 352 g/mol. The molecule has 1 amide bonds. The van der Waals surface area contributed by atoms with Crippen molar-refractivity contribution in [1.82, 2.24) is 10.2 Å². The fraction of sp³-hybridized carbons (Fsp3) is 0.381. The molecule has 2 fully saturated rings. The molecule has 1 N–H and O–H groups in total. The molecule has 2 aromatic rings. The molecule has 0 radical (unpaired) electrons. The van der Waals surface area contributed by atoms with Gasteiger partial charge in [-0.15, -0.1) is 0 Å². The summed E-state index contributed by atoms with van der Waals surface area (Å²) in [7, 11) is 0. The van der Waals surface area contributed by atoms with Crippen LogP contribution in [0.5, 0.6) is 5.75 Å². The van der Waals surface area contributed by atoms with Gasteiger partial charge in [0, 0.05) is 25.2 Å². The van der Waals surface area contributed by atoms with Gasteiger partial charge in [0.05, 0.1) is 25.2 Å². The van der Waals surface area contributed by atoms with Gasteiger partial charge in [-0.3, -0.25) is 9.69 Å². The van der Waals surface area contributed by atoms with Gasteiger partial charge >= 0.3 is 0 Å². The summed E-state index contributed by atoms with van der Waals surface area (Å²) in [4.78, 5) is 14.5. The molecule has 0 spiro atoms. The Labute approximate surface area is 153 Å². The van der Waals surface area contributed by atoms with E-state index in [1.807, 2.05) is 36.4 Å². The minimum Gasteiger partial charge on any atom is -0.489 e. The predicted molar refractivity (Wildman–Crippen MR) is 98.7 cm³/mol. The number of rotatable bonds is 5. The molecule has 4 rings (SSSR count). The van der Waals surface area contributed by atoms with E-state index in [1.54, 1.807) is 0 Å². The third kappa shape index (κ3) is 4.06. The molecule has 0 aromatic heterocycles. The molecule has 2 aliphatic heterocycles. The van der Waals surface area contributed by atoms with Crippen molar-refractivity contribution in [3.63, 3.8) is 0 Å².